The first-order chi connectivity index (χ1) is 11.0. The Morgan fingerprint density at radius 2 is 2.13 bits per heavy atom. The molecule has 2 aromatic rings. The SMILES string of the molecule is COCc1cccc(C(=O)NC[C@@H](O)c2ccc(Cl)c(F)c2)c1. The van der Waals surface area contributed by atoms with Crippen molar-refractivity contribution in [1.29, 1.82) is 0 Å². The topological polar surface area (TPSA) is 58.6 Å². The molecular weight excluding hydrogens is 321 g/mol. The zero-order chi connectivity index (χ0) is 16.8. The van der Waals surface area contributed by atoms with Crippen LogP contribution in [0.4, 0.5) is 4.39 Å². The molecule has 2 aromatic carbocycles. The van der Waals surface area contributed by atoms with Crippen molar-refractivity contribution < 1.29 is 19.0 Å². The Bertz CT molecular complexity index is 693. The lowest BCUT2D eigenvalue weighted by Crippen LogP contribution is -2.28. The molecular formula is C17H17ClFNO3. The lowest BCUT2D eigenvalue weighted by Gasteiger charge is -2.13. The lowest BCUT2D eigenvalue weighted by molar-refractivity contribution is 0.0916. The Hall–Kier alpha value is -1.95. The number of aliphatic hydroxyl groups is 1. The normalized spacial score (nSPS) is 12.0. The van der Waals surface area contributed by atoms with E-state index in [9.17, 15) is 14.3 Å². The van der Waals surface area contributed by atoms with Gasteiger partial charge in [-0.25, -0.2) is 4.39 Å². The Balaban J connectivity index is 1.98. The van der Waals surface area contributed by atoms with E-state index in [1.807, 2.05) is 6.07 Å². The highest BCUT2D eigenvalue weighted by Crippen LogP contribution is 2.20. The van der Waals surface area contributed by atoms with Crippen molar-refractivity contribution >= 4 is 17.5 Å². The van der Waals surface area contributed by atoms with E-state index in [2.05, 4.69) is 5.32 Å². The second-order valence-corrected chi connectivity index (χ2v) is 5.44. The third-order valence-corrected chi connectivity index (χ3v) is 3.59. The summed E-state index contributed by atoms with van der Waals surface area (Å²) in [4.78, 5) is 12.1. The third kappa shape index (κ3) is 4.76. The van der Waals surface area contributed by atoms with Crippen LogP contribution >= 0.6 is 11.6 Å². The molecule has 0 radical (unpaired) electrons. The van der Waals surface area contributed by atoms with Gasteiger partial charge in [0.2, 0.25) is 0 Å². The van der Waals surface area contributed by atoms with Crippen LogP contribution in [0.2, 0.25) is 5.02 Å². The van der Waals surface area contributed by atoms with Crippen LogP contribution in [0.5, 0.6) is 0 Å². The number of nitrogens with one attached hydrogen (secondary N) is 1. The predicted octanol–water partition coefficient (Wildman–Crippen LogP) is 3.09. The number of rotatable bonds is 6. The summed E-state index contributed by atoms with van der Waals surface area (Å²) in [5.74, 6) is -0.932. The quantitative estimate of drug-likeness (QED) is 0.851. The van der Waals surface area contributed by atoms with E-state index in [4.69, 9.17) is 16.3 Å². The summed E-state index contributed by atoms with van der Waals surface area (Å²) in [7, 11) is 1.58. The van der Waals surface area contributed by atoms with Gasteiger partial charge >= 0.3 is 0 Å². The maximum Gasteiger partial charge on any atom is 0.251 e. The van der Waals surface area contributed by atoms with Crippen LogP contribution in [0.15, 0.2) is 42.5 Å². The summed E-state index contributed by atoms with van der Waals surface area (Å²) < 4.78 is 18.4. The second-order valence-electron chi connectivity index (χ2n) is 5.03. The van der Waals surface area contributed by atoms with Crippen LogP contribution in [0.1, 0.15) is 27.6 Å². The van der Waals surface area contributed by atoms with Crippen molar-refractivity contribution in [3.8, 4) is 0 Å². The number of carbonyl (C=O) groups excluding carboxylic acids is 1. The zero-order valence-corrected chi connectivity index (χ0v) is 13.3. The summed E-state index contributed by atoms with van der Waals surface area (Å²) in [5, 5.41) is 12.6. The number of hydrogen-bond acceptors (Lipinski definition) is 3. The van der Waals surface area contributed by atoms with E-state index in [0.717, 1.165) is 11.6 Å². The maximum absolute atomic E-state index is 13.4. The molecule has 2 rings (SSSR count). The van der Waals surface area contributed by atoms with Crippen LogP contribution in [0.25, 0.3) is 0 Å². The first kappa shape index (κ1) is 17.4. The summed E-state index contributed by atoms with van der Waals surface area (Å²) >= 11 is 5.60. The van der Waals surface area contributed by atoms with Gasteiger partial charge in [0, 0.05) is 19.2 Å². The van der Waals surface area contributed by atoms with Gasteiger partial charge in [0.1, 0.15) is 5.82 Å². The Morgan fingerprint density at radius 3 is 2.83 bits per heavy atom. The number of halogens is 2. The molecule has 2 N–H and O–H groups in total. The summed E-state index contributed by atoms with van der Waals surface area (Å²) in [6, 6.07) is 11.0. The average Bonchev–Trinajstić information content (AvgIpc) is 2.55. The van der Waals surface area contributed by atoms with E-state index in [-0.39, 0.29) is 17.5 Å². The maximum atomic E-state index is 13.4. The number of ether oxygens (including phenoxy) is 1. The van der Waals surface area contributed by atoms with Gasteiger partial charge < -0.3 is 15.2 Å². The minimum Gasteiger partial charge on any atom is -0.387 e. The zero-order valence-electron chi connectivity index (χ0n) is 12.6. The molecule has 0 aliphatic heterocycles. The largest absolute Gasteiger partial charge is 0.387 e. The Morgan fingerprint density at radius 1 is 1.35 bits per heavy atom. The molecule has 0 bridgehead atoms. The molecule has 0 spiro atoms. The van der Waals surface area contributed by atoms with Gasteiger partial charge in [0.05, 0.1) is 17.7 Å². The van der Waals surface area contributed by atoms with E-state index < -0.39 is 11.9 Å². The van der Waals surface area contributed by atoms with Gasteiger partial charge in [-0.1, -0.05) is 29.8 Å². The van der Waals surface area contributed by atoms with Crippen LogP contribution in [-0.4, -0.2) is 24.7 Å². The van der Waals surface area contributed by atoms with Gasteiger partial charge in [-0.15, -0.1) is 0 Å². The van der Waals surface area contributed by atoms with E-state index in [1.54, 1.807) is 25.3 Å². The number of hydrogen-bond donors (Lipinski definition) is 2. The highest BCUT2D eigenvalue weighted by Gasteiger charge is 2.13. The molecule has 0 fully saturated rings. The molecule has 6 heteroatoms. The number of carbonyl (C=O) groups is 1. The molecule has 0 saturated heterocycles. The molecule has 0 saturated carbocycles. The number of methoxy groups -OCH3 is 1. The number of benzene rings is 2. The minimum atomic E-state index is -1.02. The first-order valence-corrected chi connectivity index (χ1v) is 7.38. The highest BCUT2D eigenvalue weighted by atomic mass is 35.5. The van der Waals surface area contributed by atoms with Gasteiger partial charge in [-0.3, -0.25) is 4.79 Å². The summed E-state index contributed by atoms with van der Waals surface area (Å²) in [6.45, 7) is 0.377. The van der Waals surface area contributed by atoms with Gasteiger partial charge in [0.15, 0.2) is 0 Å². The average molecular weight is 338 g/mol. The Labute approximate surface area is 138 Å². The fourth-order valence-corrected chi connectivity index (χ4v) is 2.22. The van der Waals surface area contributed by atoms with E-state index in [1.165, 1.54) is 12.1 Å². The van der Waals surface area contributed by atoms with Crippen LogP contribution in [0, 0.1) is 5.82 Å². The van der Waals surface area contributed by atoms with Gasteiger partial charge in [-0.2, -0.15) is 0 Å². The predicted molar refractivity (Wildman–Crippen MR) is 85.9 cm³/mol. The molecule has 0 aromatic heterocycles. The van der Waals surface area contributed by atoms with Gasteiger partial charge in [0.25, 0.3) is 5.91 Å². The van der Waals surface area contributed by atoms with Crippen molar-refractivity contribution in [2.24, 2.45) is 0 Å². The van der Waals surface area contributed by atoms with Crippen LogP contribution in [0.3, 0.4) is 0 Å². The molecule has 1 amide bonds. The van der Waals surface area contributed by atoms with Crippen molar-refractivity contribution in [2.75, 3.05) is 13.7 Å². The molecule has 0 unspecified atom stereocenters. The molecule has 1 atom stereocenters. The lowest BCUT2D eigenvalue weighted by atomic mass is 10.1. The van der Waals surface area contributed by atoms with Crippen molar-refractivity contribution in [3.05, 3.63) is 70.0 Å². The number of aliphatic hydroxyl groups excluding tert-OH is 1. The fourth-order valence-electron chi connectivity index (χ4n) is 2.10. The first-order valence-electron chi connectivity index (χ1n) is 7.00. The smallest absolute Gasteiger partial charge is 0.251 e. The molecule has 23 heavy (non-hydrogen) atoms. The molecule has 122 valence electrons. The van der Waals surface area contributed by atoms with Crippen LogP contribution < -0.4 is 5.32 Å². The fraction of sp³-hybridized carbons (Fsp3) is 0.235. The van der Waals surface area contributed by atoms with Gasteiger partial charge in [-0.05, 0) is 35.4 Å². The monoisotopic (exact) mass is 337 g/mol. The van der Waals surface area contributed by atoms with E-state index in [0.29, 0.717) is 17.7 Å². The molecule has 0 aliphatic rings. The van der Waals surface area contributed by atoms with E-state index >= 15 is 0 Å². The van der Waals surface area contributed by atoms with Crippen molar-refractivity contribution in [1.82, 2.24) is 5.32 Å². The molecule has 4 nitrogen and oxygen atoms in total. The third-order valence-electron chi connectivity index (χ3n) is 3.28. The summed E-state index contributed by atoms with van der Waals surface area (Å²) in [6.07, 6.45) is -1.02. The minimum absolute atomic E-state index is 0.0139. The van der Waals surface area contributed by atoms with Crippen molar-refractivity contribution in [2.45, 2.75) is 12.7 Å². The molecule has 0 heterocycles. The second kappa shape index (κ2) is 8.06. The standard InChI is InChI=1S/C17H17ClFNO3/c1-23-10-11-3-2-4-13(7-11)17(22)20-9-16(21)12-5-6-14(18)15(19)8-12/h2-8,16,21H,9-10H2,1H3,(H,20,22)/t16-/m1/s1. The summed E-state index contributed by atoms with van der Waals surface area (Å²) in [5.41, 5.74) is 1.69. The van der Waals surface area contributed by atoms with Crippen molar-refractivity contribution in [3.63, 3.8) is 0 Å². The molecule has 0 aliphatic carbocycles. The van der Waals surface area contributed by atoms with Crippen LogP contribution in [-0.2, 0) is 11.3 Å². The highest BCUT2D eigenvalue weighted by molar-refractivity contribution is 6.30. The number of amides is 1. The Kier molecular flexibility index (Phi) is 6.10.